The summed E-state index contributed by atoms with van der Waals surface area (Å²) in [7, 11) is 1.57. The second-order valence-corrected chi connectivity index (χ2v) is 3.24. The van der Waals surface area contributed by atoms with Gasteiger partial charge in [-0.25, -0.2) is 0 Å². The van der Waals surface area contributed by atoms with E-state index in [-0.39, 0.29) is 0 Å². The topological polar surface area (TPSA) is 26.3 Å². The Labute approximate surface area is 82.5 Å². The van der Waals surface area contributed by atoms with Crippen LogP contribution in [0.5, 0.6) is 5.75 Å². The fourth-order valence-corrected chi connectivity index (χ4v) is 1.26. The average Bonchev–Trinajstić information content (AvgIpc) is 2.09. The number of aryl methyl sites for hydroxylation is 1. The first-order chi connectivity index (χ1) is 6.06. The third kappa shape index (κ3) is 2.01. The number of hydrogen-bond donors (Lipinski definition) is 0. The molecular weight excluding hydrogens is 188 g/mol. The summed E-state index contributed by atoms with van der Waals surface area (Å²) in [4.78, 5) is 10.9. The maximum absolute atomic E-state index is 10.9. The normalized spacial score (nSPS) is 9.85. The van der Waals surface area contributed by atoms with Gasteiger partial charge in [0, 0.05) is 5.56 Å². The largest absolute Gasteiger partial charge is 0.496 e. The predicted octanol–water partition coefficient (Wildman–Crippen LogP) is 2.69. The molecule has 0 aliphatic rings. The molecule has 0 saturated heterocycles. The second-order valence-electron chi connectivity index (χ2n) is 2.89. The minimum Gasteiger partial charge on any atom is -0.496 e. The number of halogens is 1. The molecule has 1 rings (SSSR count). The molecule has 0 aliphatic carbocycles. The molecule has 0 unspecified atom stereocenters. The summed E-state index contributed by atoms with van der Waals surface area (Å²) in [5, 5.41) is -0.457. The SMILES string of the molecule is COc1cc(C(=O)Cl)cc(C)c1C. The number of rotatable bonds is 2. The molecule has 2 nitrogen and oxygen atoms in total. The lowest BCUT2D eigenvalue weighted by molar-refractivity contribution is 0.108. The molecule has 0 aromatic heterocycles. The van der Waals surface area contributed by atoms with Gasteiger partial charge in [0.25, 0.3) is 5.24 Å². The summed E-state index contributed by atoms with van der Waals surface area (Å²) >= 11 is 5.36. The van der Waals surface area contributed by atoms with Crippen molar-refractivity contribution in [3.63, 3.8) is 0 Å². The summed E-state index contributed by atoms with van der Waals surface area (Å²) in [6, 6.07) is 3.41. The van der Waals surface area contributed by atoms with Gasteiger partial charge in [-0.05, 0) is 48.7 Å². The molecule has 0 amide bonds. The lowest BCUT2D eigenvalue weighted by Gasteiger charge is -2.08. The van der Waals surface area contributed by atoms with Gasteiger partial charge in [-0.15, -0.1) is 0 Å². The van der Waals surface area contributed by atoms with Gasteiger partial charge in [0.2, 0.25) is 0 Å². The molecule has 0 aliphatic heterocycles. The van der Waals surface area contributed by atoms with Gasteiger partial charge in [-0.2, -0.15) is 0 Å². The summed E-state index contributed by atoms with van der Waals surface area (Å²) in [6.45, 7) is 3.86. The molecule has 0 radical (unpaired) electrons. The summed E-state index contributed by atoms with van der Waals surface area (Å²) in [5.74, 6) is 0.698. The minimum absolute atomic E-state index is 0.457. The summed E-state index contributed by atoms with van der Waals surface area (Å²) in [5.41, 5.74) is 2.51. The second kappa shape index (κ2) is 3.79. The maximum atomic E-state index is 10.9. The van der Waals surface area contributed by atoms with Crippen LogP contribution in [-0.2, 0) is 0 Å². The lowest BCUT2D eigenvalue weighted by atomic mass is 10.1. The highest BCUT2D eigenvalue weighted by Crippen LogP contribution is 2.23. The Morgan fingerprint density at radius 2 is 2.00 bits per heavy atom. The van der Waals surface area contributed by atoms with Crippen molar-refractivity contribution in [3.8, 4) is 5.75 Å². The third-order valence-electron chi connectivity index (χ3n) is 2.07. The Balaban J connectivity index is 3.30. The molecule has 0 fully saturated rings. The van der Waals surface area contributed by atoms with E-state index in [0.29, 0.717) is 11.3 Å². The fourth-order valence-electron chi connectivity index (χ4n) is 1.15. The van der Waals surface area contributed by atoms with Gasteiger partial charge in [0.05, 0.1) is 7.11 Å². The van der Waals surface area contributed by atoms with Crippen molar-refractivity contribution in [2.45, 2.75) is 13.8 Å². The number of ether oxygens (including phenoxy) is 1. The van der Waals surface area contributed by atoms with E-state index in [0.717, 1.165) is 11.1 Å². The van der Waals surface area contributed by atoms with Gasteiger partial charge < -0.3 is 4.74 Å². The van der Waals surface area contributed by atoms with Crippen LogP contribution in [-0.4, -0.2) is 12.4 Å². The molecule has 0 saturated carbocycles. The van der Waals surface area contributed by atoms with Crippen LogP contribution in [0.2, 0.25) is 0 Å². The number of benzene rings is 1. The van der Waals surface area contributed by atoms with Crippen molar-refractivity contribution < 1.29 is 9.53 Å². The summed E-state index contributed by atoms with van der Waals surface area (Å²) in [6.07, 6.45) is 0. The first kappa shape index (κ1) is 10.1. The van der Waals surface area contributed by atoms with E-state index in [1.165, 1.54) is 0 Å². The lowest BCUT2D eigenvalue weighted by Crippen LogP contribution is -1.96. The van der Waals surface area contributed by atoms with E-state index < -0.39 is 5.24 Å². The monoisotopic (exact) mass is 198 g/mol. The molecule has 0 heterocycles. The molecule has 1 aromatic carbocycles. The van der Waals surface area contributed by atoms with E-state index in [9.17, 15) is 4.79 Å². The highest BCUT2D eigenvalue weighted by Gasteiger charge is 2.08. The van der Waals surface area contributed by atoms with Crippen molar-refractivity contribution in [3.05, 3.63) is 28.8 Å². The van der Waals surface area contributed by atoms with Crippen LogP contribution in [0, 0.1) is 13.8 Å². The van der Waals surface area contributed by atoms with Crippen molar-refractivity contribution in [1.29, 1.82) is 0 Å². The van der Waals surface area contributed by atoms with Crippen molar-refractivity contribution in [2.75, 3.05) is 7.11 Å². The number of carbonyl (C=O) groups is 1. The van der Waals surface area contributed by atoms with Crippen LogP contribution in [0.15, 0.2) is 12.1 Å². The fraction of sp³-hybridized carbons (Fsp3) is 0.300. The van der Waals surface area contributed by atoms with Crippen molar-refractivity contribution in [1.82, 2.24) is 0 Å². The maximum Gasteiger partial charge on any atom is 0.252 e. The van der Waals surface area contributed by atoms with Crippen molar-refractivity contribution >= 4 is 16.8 Å². The molecule has 3 heteroatoms. The van der Waals surface area contributed by atoms with E-state index in [1.807, 2.05) is 13.8 Å². The first-order valence-electron chi connectivity index (χ1n) is 3.91. The Morgan fingerprint density at radius 3 is 2.46 bits per heavy atom. The molecule has 1 aromatic rings. The highest BCUT2D eigenvalue weighted by atomic mass is 35.5. The van der Waals surface area contributed by atoms with Crippen LogP contribution in [0.1, 0.15) is 21.5 Å². The molecule has 0 bridgehead atoms. The van der Waals surface area contributed by atoms with E-state index >= 15 is 0 Å². The number of carbonyl (C=O) groups excluding carboxylic acids is 1. The Bertz CT molecular complexity index is 345. The molecular formula is C10H11ClO2. The molecule has 0 N–H and O–H groups in total. The van der Waals surface area contributed by atoms with Crippen molar-refractivity contribution in [2.24, 2.45) is 0 Å². The molecule has 0 spiro atoms. The number of methoxy groups -OCH3 is 1. The Morgan fingerprint density at radius 1 is 1.38 bits per heavy atom. The van der Waals surface area contributed by atoms with E-state index in [2.05, 4.69) is 0 Å². The third-order valence-corrected chi connectivity index (χ3v) is 2.28. The zero-order chi connectivity index (χ0) is 10.0. The van der Waals surface area contributed by atoms with Gasteiger partial charge in [-0.1, -0.05) is 0 Å². The van der Waals surface area contributed by atoms with Crippen LogP contribution in [0.25, 0.3) is 0 Å². The van der Waals surface area contributed by atoms with E-state index in [4.69, 9.17) is 16.3 Å². The van der Waals surface area contributed by atoms with Gasteiger partial charge in [-0.3, -0.25) is 4.79 Å². The molecule has 70 valence electrons. The smallest absolute Gasteiger partial charge is 0.252 e. The molecule has 13 heavy (non-hydrogen) atoms. The van der Waals surface area contributed by atoms with Crippen LogP contribution in [0.4, 0.5) is 0 Å². The van der Waals surface area contributed by atoms with Gasteiger partial charge >= 0.3 is 0 Å². The Kier molecular flexibility index (Phi) is 2.94. The van der Waals surface area contributed by atoms with E-state index in [1.54, 1.807) is 19.2 Å². The highest BCUT2D eigenvalue weighted by molar-refractivity contribution is 6.67. The quantitative estimate of drug-likeness (QED) is 0.683. The molecule has 0 atom stereocenters. The standard InChI is InChI=1S/C10H11ClO2/c1-6-4-8(10(11)12)5-9(13-3)7(6)2/h4-5H,1-3H3. The van der Waals surface area contributed by atoms with Crippen LogP contribution >= 0.6 is 11.6 Å². The average molecular weight is 199 g/mol. The summed E-state index contributed by atoms with van der Waals surface area (Å²) < 4.78 is 5.11. The van der Waals surface area contributed by atoms with Gasteiger partial charge in [0.1, 0.15) is 5.75 Å². The first-order valence-corrected chi connectivity index (χ1v) is 4.29. The predicted molar refractivity (Wildman–Crippen MR) is 52.7 cm³/mol. The van der Waals surface area contributed by atoms with Gasteiger partial charge in [0.15, 0.2) is 0 Å². The zero-order valence-corrected chi connectivity index (χ0v) is 8.61. The Hall–Kier alpha value is -1.02. The number of hydrogen-bond acceptors (Lipinski definition) is 2. The minimum atomic E-state index is -0.457. The zero-order valence-electron chi connectivity index (χ0n) is 7.85. The van der Waals surface area contributed by atoms with Crippen LogP contribution < -0.4 is 4.74 Å². The van der Waals surface area contributed by atoms with Crippen LogP contribution in [0.3, 0.4) is 0 Å².